The van der Waals surface area contributed by atoms with Crippen LogP contribution in [0, 0.1) is 28.6 Å². The van der Waals surface area contributed by atoms with Gasteiger partial charge in [0.25, 0.3) is 0 Å². The number of rotatable bonds is 1. The van der Waals surface area contributed by atoms with E-state index in [1.807, 2.05) is 6.08 Å². The summed E-state index contributed by atoms with van der Waals surface area (Å²) >= 11 is 0. The summed E-state index contributed by atoms with van der Waals surface area (Å²) in [4.78, 5) is 12.4. The zero-order valence-electron chi connectivity index (χ0n) is 16.7. The molecule has 144 valence electrons. The van der Waals surface area contributed by atoms with Gasteiger partial charge in [-0.1, -0.05) is 49.8 Å². The summed E-state index contributed by atoms with van der Waals surface area (Å²) in [6, 6.07) is 10.8. The number of carbonyl (C=O) groups excluding carboxylic acids is 1. The minimum Gasteiger partial charge on any atom is -0.393 e. The van der Waals surface area contributed by atoms with Crippen molar-refractivity contribution in [3.8, 4) is 0 Å². The van der Waals surface area contributed by atoms with Gasteiger partial charge in [-0.15, -0.1) is 0 Å². The molecule has 0 radical (unpaired) electrons. The minimum atomic E-state index is -0.128. The number of fused-ring (bicyclic) bond motifs is 5. The summed E-state index contributed by atoms with van der Waals surface area (Å²) in [6.07, 6.45) is 9.25. The molecule has 2 nitrogen and oxygen atoms in total. The monoisotopic (exact) mass is 364 g/mol. The highest BCUT2D eigenvalue weighted by Gasteiger charge is 2.60. The maximum absolute atomic E-state index is 12.4. The van der Waals surface area contributed by atoms with Crippen LogP contribution in [0.15, 0.2) is 42.0 Å². The van der Waals surface area contributed by atoms with Gasteiger partial charge in [-0.05, 0) is 78.7 Å². The summed E-state index contributed by atoms with van der Waals surface area (Å²) in [5.74, 6) is 2.65. The molecular formula is C25H32O2. The van der Waals surface area contributed by atoms with E-state index < -0.39 is 0 Å². The van der Waals surface area contributed by atoms with E-state index in [2.05, 4.69) is 44.2 Å². The number of aliphatic hydroxyl groups excluding tert-OH is 1. The van der Waals surface area contributed by atoms with Crippen LogP contribution in [0.1, 0.15) is 70.3 Å². The van der Waals surface area contributed by atoms with E-state index in [-0.39, 0.29) is 16.9 Å². The second-order valence-corrected chi connectivity index (χ2v) is 10.2. The average Bonchev–Trinajstić information content (AvgIpc) is 2.98. The van der Waals surface area contributed by atoms with Gasteiger partial charge in [-0.3, -0.25) is 4.79 Å². The molecule has 3 fully saturated rings. The Morgan fingerprint density at radius 2 is 1.78 bits per heavy atom. The van der Waals surface area contributed by atoms with E-state index in [0.29, 0.717) is 35.9 Å². The molecule has 0 heterocycles. The van der Waals surface area contributed by atoms with Crippen molar-refractivity contribution in [3.05, 3.63) is 47.5 Å². The van der Waals surface area contributed by atoms with Gasteiger partial charge in [0.2, 0.25) is 0 Å². The first-order chi connectivity index (χ1) is 12.9. The van der Waals surface area contributed by atoms with Crippen molar-refractivity contribution in [2.24, 2.45) is 28.6 Å². The lowest BCUT2D eigenvalue weighted by Gasteiger charge is -2.59. The Kier molecular flexibility index (Phi) is 3.95. The van der Waals surface area contributed by atoms with Gasteiger partial charge in [0.15, 0.2) is 5.78 Å². The van der Waals surface area contributed by atoms with Crippen LogP contribution in [0.5, 0.6) is 0 Å². The van der Waals surface area contributed by atoms with Crippen LogP contribution in [-0.4, -0.2) is 17.0 Å². The molecule has 7 unspecified atom stereocenters. The molecule has 0 spiro atoms. The predicted octanol–water partition coefficient (Wildman–Crippen LogP) is 5.27. The van der Waals surface area contributed by atoms with Gasteiger partial charge in [-0.25, -0.2) is 0 Å². The fourth-order valence-corrected chi connectivity index (χ4v) is 7.62. The average molecular weight is 365 g/mol. The number of carbonyl (C=O) groups is 1. The fraction of sp³-hybridized carbons (Fsp3) is 0.640. The van der Waals surface area contributed by atoms with Gasteiger partial charge in [0.1, 0.15) is 0 Å². The number of hydrogen-bond acceptors (Lipinski definition) is 2. The van der Waals surface area contributed by atoms with E-state index >= 15 is 0 Å². The van der Waals surface area contributed by atoms with Crippen molar-refractivity contribution in [2.45, 2.75) is 70.8 Å². The Balaban J connectivity index is 1.61. The summed E-state index contributed by atoms with van der Waals surface area (Å²) in [5, 5.41) is 10.7. The molecule has 1 N–H and O–H groups in total. The minimum absolute atomic E-state index is 0.102. The second kappa shape index (κ2) is 6.04. The van der Waals surface area contributed by atoms with E-state index in [4.69, 9.17) is 0 Å². The molecule has 1 aromatic rings. The predicted molar refractivity (Wildman–Crippen MR) is 107 cm³/mol. The molecule has 0 aromatic heterocycles. The van der Waals surface area contributed by atoms with Gasteiger partial charge >= 0.3 is 0 Å². The zero-order valence-corrected chi connectivity index (χ0v) is 16.7. The number of aliphatic hydroxyl groups is 1. The third-order valence-electron chi connectivity index (χ3n) is 9.16. The van der Waals surface area contributed by atoms with Gasteiger partial charge in [0, 0.05) is 12.3 Å². The van der Waals surface area contributed by atoms with E-state index in [0.717, 1.165) is 25.7 Å². The molecular weight excluding hydrogens is 332 g/mol. The normalized spacial score (nSPS) is 46.3. The highest BCUT2D eigenvalue weighted by molar-refractivity contribution is 5.92. The molecule has 3 saturated carbocycles. The van der Waals surface area contributed by atoms with Gasteiger partial charge in [-0.2, -0.15) is 0 Å². The smallest absolute Gasteiger partial charge is 0.155 e. The summed E-state index contributed by atoms with van der Waals surface area (Å²) in [5.41, 5.74) is 3.03. The SMILES string of the molecule is CC12CCC(=O)C=C1C(c1ccccc1)CC1C2CCC2(C)C(O)CCC12. The highest BCUT2D eigenvalue weighted by atomic mass is 16.3. The molecule has 1 aromatic carbocycles. The van der Waals surface area contributed by atoms with Crippen LogP contribution in [0.2, 0.25) is 0 Å². The first-order valence-corrected chi connectivity index (χ1v) is 10.9. The molecule has 4 aliphatic rings. The molecule has 0 bridgehead atoms. The van der Waals surface area contributed by atoms with Gasteiger partial charge in [0.05, 0.1) is 6.10 Å². The van der Waals surface area contributed by atoms with E-state index in [1.165, 1.54) is 24.0 Å². The highest BCUT2D eigenvalue weighted by Crippen LogP contribution is 2.67. The van der Waals surface area contributed by atoms with E-state index in [1.54, 1.807) is 0 Å². The van der Waals surface area contributed by atoms with Crippen LogP contribution in [-0.2, 0) is 4.79 Å². The van der Waals surface area contributed by atoms with Crippen LogP contribution in [0.4, 0.5) is 0 Å². The Hall–Kier alpha value is -1.41. The molecule has 27 heavy (non-hydrogen) atoms. The second-order valence-electron chi connectivity index (χ2n) is 10.2. The van der Waals surface area contributed by atoms with Crippen molar-refractivity contribution in [1.29, 1.82) is 0 Å². The first-order valence-electron chi connectivity index (χ1n) is 10.9. The molecule has 7 atom stereocenters. The maximum Gasteiger partial charge on any atom is 0.155 e. The summed E-state index contributed by atoms with van der Waals surface area (Å²) < 4.78 is 0. The van der Waals surface area contributed by atoms with Gasteiger partial charge < -0.3 is 5.11 Å². The fourth-order valence-electron chi connectivity index (χ4n) is 7.62. The van der Waals surface area contributed by atoms with Crippen molar-refractivity contribution in [1.82, 2.24) is 0 Å². The van der Waals surface area contributed by atoms with Crippen molar-refractivity contribution < 1.29 is 9.90 Å². The molecule has 5 rings (SSSR count). The van der Waals surface area contributed by atoms with Crippen LogP contribution in [0.25, 0.3) is 0 Å². The van der Waals surface area contributed by atoms with Crippen LogP contribution >= 0.6 is 0 Å². The Labute approximate surface area is 163 Å². The Morgan fingerprint density at radius 3 is 2.56 bits per heavy atom. The van der Waals surface area contributed by atoms with Crippen LogP contribution in [0.3, 0.4) is 0 Å². The molecule has 2 heteroatoms. The third kappa shape index (κ3) is 2.45. The first kappa shape index (κ1) is 17.7. The third-order valence-corrected chi connectivity index (χ3v) is 9.16. The molecule has 0 amide bonds. The van der Waals surface area contributed by atoms with Crippen molar-refractivity contribution >= 4 is 5.78 Å². The molecule has 4 aliphatic carbocycles. The largest absolute Gasteiger partial charge is 0.393 e. The lowest BCUT2D eigenvalue weighted by Crippen LogP contribution is -2.52. The lowest BCUT2D eigenvalue weighted by molar-refractivity contribution is -0.118. The zero-order chi connectivity index (χ0) is 18.8. The Morgan fingerprint density at radius 1 is 1.00 bits per heavy atom. The van der Waals surface area contributed by atoms with Crippen LogP contribution < -0.4 is 0 Å². The quantitative estimate of drug-likeness (QED) is 0.737. The number of ketones is 1. The number of hydrogen-bond donors (Lipinski definition) is 1. The number of benzene rings is 1. The lowest BCUT2D eigenvalue weighted by atomic mass is 9.45. The standard InChI is InChI=1S/C25H32O2/c1-24-12-10-17(26)14-22(24)18(16-6-4-3-5-7-16)15-19-20-8-9-23(27)25(20,2)13-11-21(19)24/h3-7,14,18-21,23,27H,8-13,15H2,1-2H3. The number of allylic oxidation sites excluding steroid dienone is 1. The Bertz CT molecular complexity index is 781. The molecule has 0 saturated heterocycles. The maximum atomic E-state index is 12.4. The summed E-state index contributed by atoms with van der Waals surface area (Å²) in [7, 11) is 0. The topological polar surface area (TPSA) is 37.3 Å². The van der Waals surface area contributed by atoms with Crippen molar-refractivity contribution in [2.75, 3.05) is 0 Å². The summed E-state index contributed by atoms with van der Waals surface area (Å²) in [6.45, 7) is 4.80. The van der Waals surface area contributed by atoms with Crippen molar-refractivity contribution in [3.63, 3.8) is 0 Å². The molecule has 0 aliphatic heterocycles. The van der Waals surface area contributed by atoms with E-state index in [9.17, 15) is 9.90 Å².